The van der Waals surface area contributed by atoms with E-state index in [2.05, 4.69) is 10.6 Å². The maximum absolute atomic E-state index is 13.4. The molecule has 5 nitrogen and oxygen atoms in total. The van der Waals surface area contributed by atoms with Gasteiger partial charge in [-0.1, -0.05) is 18.2 Å². The van der Waals surface area contributed by atoms with Crippen LogP contribution in [0.4, 0.5) is 10.1 Å². The van der Waals surface area contributed by atoms with Crippen molar-refractivity contribution < 1.29 is 18.8 Å². The Morgan fingerprint density at radius 1 is 0.958 bits per heavy atom. The Morgan fingerprint density at radius 2 is 1.62 bits per heavy atom. The van der Waals surface area contributed by atoms with E-state index in [1.54, 1.807) is 42.5 Å². The van der Waals surface area contributed by atoms with E-state index >= 15 is 0 Å². The molecule has 0 fully saturated rings. The maximum atomic E-state index is 13.4. The number of carbonyl (C=O) groups is 3. The molecule has 0 heterocycles. The zero-order valence-electron chi connectivity index (χ0n) is 13.1. The van der Waals surface area contributed by atoms with Crippen molar-refractivity contribution in [3.8, 4) is 0 Å². The lowest BCUT2D eigenvalue weighted by Gasteiger charge is -2.07. The van der Waals surface area contributed by atoms with Crippen LogP contribution in [0.2, 0.25) is 0 Å². The number of Topliss-reactive ketones (excluding diaryl/α,β-unsaturated/α-hetero) is 1. The zero-order chi connectivity index (χ0) is 17.5. The summed E-state index contributed by atoms with van der Waals surface area (Å²) in [5.41, 5.74) is 1.38. The molecule has 0 unspecified atom stereocenters. The van der Waals surface area contributed by atoms with Gasteiger partial charge in [-0.05, 0) is 37.3 Å². The van der Waals surface area contributed by atoms with Crippen molar-refractivity contribution in [3.63, 3.8) is 0 Å². The SMILES string of the molecule is CC(=O)c1ccc(NC(=O)CC(=O)NCc2ccccc2F)cc1. The second kappa shape index (κ2) is 8.01. The highest BCUT2D eigenvalue weighted by Gasteiger charge is 2.10. The first-order chi connectivity index (χ1) is 11.5. The Hall–Kier alpha value is -3.02. The fraction of sp³-hybridized carbons (Fsp3) is 0.167. The van der Waals surface area contributed by atoms with Crippen LogP contribution in [0.3, 0.4) is 0 Å². The van der Waals surface area contributed by atoms with E-state index in [0.29, 0.717) is 16.8 Å². The molecule has 6 heteroatoms. The molecule has 0 saturated heterocycles. The smallest absolute Gasteiger partial charge is 0.233 e. The molecule has 0 spiro atoms. The van der Waals surface area contributed by atoms with Crippen molar-refractivity contribution in [1.82, 2.24) is 5.32 Å². The molecular weight excluding hydrogens is 311 g/mol. The topological polar surface area (TPSA) is 75.3 Å². The molecule has 0 aliphatic carbocycles. The van der Waals surface area contributed by atoms with E-state index in [1.165, 1.54) is 13.0 Å². The molecule has 24 heavy (non-hydrogen) atoms. The first kappa shape index (κ1) is 17.3. The largest absolute Gasteiger partial charge is 0.351 e. The number of benzene rings is 2. The number of amides is 2. The monoisotopic (exact) mass is 328 g/mol. The maximum Gasteiger partial charge on any atom is 0.233 e. The highest BCUT2D eigenvalue weighted by molar-refractivity contribution is 6.03. The third-order valence-corrected chi connectivity index (χ3v) is 3.33. The van der Waals surface area contributed by atoms with Gasteiger partial charge in [0.1, 0.15) is 12.2 Å². The van der Waals surface area contributed by atoms with Crippen LogP contribution in [0.15, 0.2) is 48.5 Å². The van der Waals surface area contributed by atoms with Crippen molar-refractivity contribution in [2.75, 3.05) is 5.32 Å². The second-order valence-corrected chi connectivity index (χ2v) is 5.23. The predicted octanol–water partition coefficient (Wildman–Crippen LogP) is 2.67. The van der Waals surface area contributed by atoms with Gasteiger partial charge in [-0.2, -0.15) is 0 Å². The van der Waals surface area contributed by atoms with Gasteiger partial charge in [0.05, 0.1) is 0 Å². The molecule has 0 atom stereocenters. The number of ketones is 1. The number of hydrogen-bond donors (Lipinski definition) is 2. The number of carbonyl (C=O) groups excluding carboxylic acids is 3. The van der Waals surface area contributed by atoms with Crippen LogP contribution < -0.4 is 10.6 Å². The summed E-state index contributed by atoms with van der Waals surface area (Å²) < 4.78 is 13.4. The van der Waals surface area contributed by atoms with Gasteiger partial charge in [-0.25, -0.2) is 4.39 Å². The van der Waals surface area contributed by atoms with Gasteiger partial charge in [0, 0.05) is 23.4 Å². The molecular formula is C18H17FN2O3. The average Bonchev–Trinajstić information content (AvgIpc) is 2.54. The van der Waals surface area contributed by atoms with Crippen molar-refractivity contribution in [3.05, 3.63) is 65.5 Å². The Balaban J connectivity index is 1.82. The lowest BCUT2D eigenvalue weighted by Crippen LogP contribution is -2.28. The van der Waals surface area contributed by atoms with E-state index in [0.717, 1.165) is 0 Å². The second-order valence-electron chi connectivity index (χ2n) is 5.23. The Morgan fingerprint density at radius 3 is 2.25 bits per heavy atom. The quantitative estimate of drug-likeness (QED) is 0.632. The van der Waals surface area contributed by atoms with E-state index in [-0.39, 0.29) is 18.7 Å². The predicted molar refractivity (Wildman–Crippen MR) is 87.9 cm³/mol. The molecule has 2 aromatic rings. The van der Waals surface area contributed by atoms with Crippen LogP contribution in [0.5, 0.6) is 0 Å². The van der Waals surface area contributed by atoms with Gasteiger partial charge in [0.2, 0.25) is 11.8 Å². The van der Waals surface area contributed by atoms with Gasteiger partial charge < -0.3 is 10.6 Å². The van der Waals surface area contributed by atoms with Crippen LogP contribution in [0.1, 0.15) is 29.3 Å². The van der Waals surface area contributed by atoms with Crippen molar-refractivity contribution >= 4 is 23.3 Å². The summed E-state index contributed by atoms with van der Waals surface area (Å²) in [4.78, 5) is 34.7. The molecule has 124 valence electrons. The summed E-state index contributed by atoms with van der Waals surface area (Å²) in [7, 11) is 0. The summed E-state index contributed by atoms with van der Waals surface area (Å²) in [5, 5.41) is 5.06. The fourth-order valence-electron chi connectivity index (χ4n) is 2.04. The third-order valence-electron chi connectivity index (χ3n) is 3.33. The van der Waals surface area contributed by atoms with E-state index in [9.17, 15) is 18.8 Å². The van der Waals surface area contributed by atoms with Gasteiger partial charge in [-0.15, -0.1) is 0 Å². The number of anilines is 1. The third kappa shape index (κ3) is 5.01. The number of hydrogen-bond acceptors (Lipinski definition) is 3. The summed E-state index contributed by atoms with van der Waals surface area (Å²) in [6, 6.07) is 12.5. The minimum Gasteiger partial charge on any atom is -0.351 e. The van der Waals surface area contributed by atoms with Crippen molar-refractivity contribution in [2.45, 2.75) is 19.9 Å². The molecule has 0 aromatic heterocycles. The van der Waals surface area contributed by atoms with Gasteiger partial charge in [-0.3, -0.25) is 14.4 Å². The van der Waals surface area contributed by atoms with Gasteiger partial charge in [0.15, 0.2) is 5.78 Å². The molecule has 0 saturated carbocycles. The Bertz CT molecular complexity index is 757. The molecule has 0 aliphatic heterocycles. The first-order valence-electron chi connectivity index (χ1n) is 7.36. The molecule has 0 aliphatic rings. The van der Waals surface area contributed by atoms with E-state index in [1.807, 2.05) is 0 Å². The Kier molecular flexibility index (Phi) is 5.78. The van der Waals surface area contributed by atoms with Gasteiger partial charge >= 0.3 is 0 Å². The molecule has 2 N–H and O–H groups in total. The van der Waals surface area contributed by atoms with E-state index < -0.39 is 17.6 Å². The first-order valence-corrected chi connectivity index (χ1v) is 7.36. The molecule has 2 amide bonds. The fourth-order valence-corrected chi connectivity index (χ4v) is 2.04. The number of nitrogens with one attached hydrogen (secondary N) is 2. The summed E-state index contributed by atoms with van der Waals surface area (Å²) in [6.45, 7) is 1.47. The highest BCUT2D eigenvalue weighted by atomic mass is 19.1. The summed E-state index contributed by atoms with van der Waals surface area (Å²) in [6.07, 6.45) is -0.372. The number of rotatable bonds is 6. The lowest BCUT2D eigenvalue weighted by molar-refractivity contribution is -0.126. The molecule has 2 aromatic carbocycles. The normalized spacial score (nSPS) is 10.1. The van der Waals surface area contributed by atoms with Crippen LogP contribution >= 0.6 is 0 Å². The van der Waals surface area contributed by atoms with Crippen molar-refractivity contribution in [1.29, 1.82) is 0 Å². The molecule has 2 rings (SSSR count). The summed E-state index contributed by atoms with van der Waals surface area (Å²) in [5.74, 6) is -1.47. The van der Waals surface area contributed by atoms with Gasteiger partial charge in [0.25, 0.3) is 0 Å². The minimum absolute atomic E-state index is 0.0199. The standard InChI is InChI=1S/C18H17FN2O3/c1-12(22)13-6-8-15(9-7-13)21-18(24)10-17(23)20-11-14-4-2-3-5-16(14)19/h2-9H,10-11H2,1H3,(H,20,23)(H,21,24). The van der Waals surface area contributed by atoms with Crippen molar-refractivity contribution in [2.24, 2.45) is 0 Å². The molecule has 0 radical (unpaired) electrons. The average molecular weight is 328 g/mol. The minimum atomic E-state index is -0.504. The van der Waals surface area contributed by atoms with Crippen LogP contribution in [-0.2, 0) is 16.1 Å². The van der Waals surface area contributed by atoms with Crippen LogP contribution in [0, 0.1) is 5.82 Å². The van der Waals surface area contributed by atoms with E-state index in [4.69, 9.17) is 0 Å². The number of halogens is 1. The van der Waals surface area contributed by atoms with Crippen LogP contribution in [0.25, 0.3) is 0 Å². The van der Waals surface area contributed by atoms with Crippen LogP contribution in [-0.4, -0.2) is 17.6 Å². The summed E-state index contributed by atoms with van der Waals surface area (Å²) >= 11 is 0. The highest BCUT2D eigenvalue weighted by Crippen LogP contribution is 2.10. The lowest BCUT2D eigenvalue weighted by atomic mass is 10.1. The Labute approximate surface area is 138 Å². The zero-order valence-corrected chi connectivity index (χ0v) is 13.1. The molecule has 0 bridgehead atoms.